The molecule has 7 heteroatoms. The monoisotopic (exact) mass is 235 g/mol. The van der Waals surface area contributed by atoms with Crippen LogP contribution in [0.5, 0.6) is 0 Å². The van der Waals surface area contributed by atoms with E-state index in [0.29, 0.717) is 11.6 Å². The van der Waals surface area contributed by atoms with Gasteiger partial charge in [-0.25, -0.2) is 18.5 Å². The summed E-state index contributed by atoms with van der Waals surface area (Å²) in [4.78, 5) is 5.15. The van der Waals surface area contributed by atoms with Gasteiger partial charge in [-0.05, 0) is 19.9 Å². The highest BCUT2D eigenvalue weighted by Crippen LogP contribution is 2.19. The summed E-state index contributed by atoms with van der Waals surface area (Å²) in [5.74, 6) is -0.191. The average Bonchev–Trinajstić information content (AvgIpc) is 2.28. The van der Waals surface area contributed by atoms with Crippen molar-refractivity contribution in [2.24, 2.45) is 10.9 Å². The van der Waals surface area contributed by atoms with Gasteiger partial charge in [-0.1, -0.05) is 0 Å². The molecule has 0 saturated carbocycles. The zero-order valence-electron chi connectivity index (χ0n) is 7.86. The Morgan fingerprint density at radius 1 is 1.50 bits per heavy atom. The largest absolute Gasteiger partial charge is 0.330 e. The van der Waals surface area contributed by atoms with E-state index in [2.05, 4.69) is 4.98 Å². The van der Waals surface area contributed by atoms with Gasteiger partial charge in [0.2, 0.25) is 10.0 Å². The first-order valence-corrected chi connectivity index (χ1v) is 6.61. The van der Waals surface area contributed by atoms with Gasteiger partial charge < -0.3 is 5.73 Å². The van der Waals surface area contributed by atoms with Gasteiger partial charge in [0.15, 0.2) is 0 Å². The molecule has 0 fully saturated rings. The van der Waals surface area contributed by atoms with Crippen molar-refractivity contribution in [3.63, 3.8) is 0 Å². The highest BCUT2D eigenvalue weighted by atomic mass is 32.2. The van der Waals surface area contributed by atoms with Gasteiger partial charge in [-0.2, -0.15) is 0 Å². The summed E-state index contributed by atoms with van der Waals surface area (Å²) < 4.78 is 21.6. The second-order valence-electron chi connectivity index (χ2n) is 2.96. The van der Waals surface area contributed by atoms with Crippen LogP contribution in [0.1, 0.15) is 15.6 Å². The third-order valence-electron chi connectivity index (χ3n) is 1.63. The number of nitrogens with two attached hydrogens (primary N) is 2. The number of sulfonamides is 1. The van der Waals surface area contributed by atoms with Crippen LogP contribution >= 0.6 is 11.3 Å². The molecule has 0 saturated heterocycles. The Labute approximate surface area is 87.2 Å². The molecule has 0 aliphatic carbocycles. The second-order valence-corrected chi connectivity index (χ2v) is 5.74. The van der Waals surface area contributed by atoms with Gasteiger partial charge in [-0.15, -0.1) is 11.3 Å². The van der Waals surface area contributed by atoms with Crippen molar-refractivity contribution >= 4 is 21.4 Å². The van der Waals surface area contributed by atoms with E-state index in [0.717, 1.165) is 17.0 Å². The summed E-state index contributed by atoms with van der Waals surface area (Å²) in [5.41, 5.74) is 6.25. The molecule has 0 aliphatic rings. The minimum atomic E-state index is -3.48. The molecule has 14 heavy (non-hydrogen) atoms. The molecule has 0 aliphatic heterocycles. The van der Waals surface area contributed by atoms with Crippen LogP contribution in [0.15, 0.2) is 0 Å². The SMILES string of the molecule is Cc1nc(CS(N)(=O)=O)sc1CCN. The Bertz CT molecular complexity index is 411. The summed E-state index contributed by atoms with van der Waals surface area (Å²) in [6.07, 6.45) is 0.730. The number of hydrogen-bond acceptors (Lipinski definition) is 5. The van der Waals surface area contributed by atoms with E-state index in [-0.39, 0.29) is 5.75 Å². The minimum Gasteiger partial charge on any atom is -0.330 e. The van der Waals surface area contributed by atoms with Crippen LogP contribution in [0.3, 0.4) is 0 Å². The molecular weight excluding hydrogens is 222 g/mol. The van der Waals surface area contributed by atoms with Crippen LogP contribution in [0.2, 0.25) is 0 Å². The van der Waals surface area contributed by atoms with E-state index in [9.17, 15) is 8.42 Å². The molecule has 1 aromatic heterocycles. The summed E-state index contributed by atoms with van der Waals surface area (Å²) in [5, 5.41) is 5.45. The third-order valence-corrected chi connectivity index (χ3v) is 3.71. The summed E-state index contributed by atoms with van der Waals surface area (Å²) in [7, 11) is -3.48. The van der Waals surface area contributed by atoms with E-state index in [4.69, 9.17) is 10.9 Å². The van der Waals surface area contributed by atoms with Crippen molar-refractivity contribution in [3.05, 3.63) is 15.6 Å². The third kappa shape index (κ3) is 3.33. The number of thiazole rings is 1. The summed E-state index contributed by atoms with van der Waals surface area (Å²) in [6, 6.07) is 0. The lowest BCUT2D eigenvalue weighted by Gasteiger charge is -1.91. The number of rotatable bonds is 4. The lowest BCUT2D eigenvalue weighted by atomic mass is 10.3. The van der Waals surface area contributed by atoms with Gasteiger partial charge >= 0.3 is 0 Å². The topological polar surface area (TPSA) is 99.1 Å². The molecule has 0 unspecified atom stereocenters. The molecule has 0 spiro atoms. The van der Waals surface area contributed by atoms with Gasteiger partial charge in [0.1, 0.15) is 10.8 Å². The number of aromatic nitrogens is 1. The molecule has 0 bridgehead atoms. The first kappa shape index (κ1) is 11.6. The fraction of sp³-hybridized carbons (Fsp3) is 0.571. The molecule has 4 N–H and O–H groups in total. The van der Waals surface area contributed by atoms with Crippen molar-refractivity contribution < 1.29 is 8.42 Å². The molecule has 1 heterocycles. The highest BCUT2D eigenvalue weighted by Gasteiger charge is 2.11. The van der Waals surface area contributed by atoms with Gasteiger partial charge in [0, 0.05) is 4.88 Å². The first-order chi connectivity index (χ1) is 6.42. The quantitative estimate of drug-likeness (QED) is 0.751. The van der Waals surface area contributed by atoms with Crippen molar-refractivity contribution in [2.45, 2.75) is 19.1 Å². The Morgan fingerprint density at radius 3 is 2.64 bits per heavy atom. The van der Waals surface area contributed by atoms with Crippen molar-refractivity contribution in [1.29, 1.82) is 0 Å². The molecule has 80 valence electrons. The van der Waals surface area contributed by atoms with E-state index in [1.165, 1.54) is 11.3 Å². The van der Waals surface area contributed by atoms with Crippen molar-refractivity contribution in [3.8, 4) is 0 Å². The number of hydrogen-bond donors (Lipinski definition) is 2. The number of aryl methyl sites for hydroxylation is 1. The van der Waals surface area contributed by atoms with Crippen LogP contribution in [-0.2, 0) is 22.2 Å². The van der Waals surface area contributed by atoms with Crippen LogP contribution in [0.4, 0.5) is 0 Å². The maximum atomic E-state index is 10.8. The predicted molar refractivity (Wildman–Crippen MR) is 56.4 cm³/mol. The molecule has 1 rings (SSSR count). The van der Waals surface area contributed by atoms with E-state index in [1.807, 2.05) is 6.92 Å². The van der Waals surface area contributed by atoms with Crippen LogP contribution in [0, 0.1) is 6.92 Å². The summed E-state index contributed by atoms with van der Waals surface area (Å²) >= 11 is 1.36. The summed E-state index contributed by atoms with van der Waals surface area (Å²) in [6.45, 7) is 2.38. The fourth-order valence-corrected chi connectivity index (χ4v) is 3.10. The molecule has 0 aromatic carbocycles. The molecule has 1 aromatic rings. The lowest BCUT2D eigenvalue weighted by molar-refractivity contribution is 0.597. The molecule has 0 radical (unpaired) electrons. The standard InChI is InChI=1S/C7H13N3O2S2/c1-5-6(2-3-8)13-7(10-5)4-14(9,11)12/h2-4,8H2,1H3,(H2,9,11,12). The predicted octanol–water partition coefficient (Wildman–Crippen LogP) is -0.259. The second kappa shape index (κ2) is 4.35. The molecule has 5 nitrogen and oxygen atoms in total. The smallest absolute Gasteiger partial charge is 0.215 e. The zero-order chi connectivity index (χ0) is 10.8. The highest BCUT2D eigenvalue weighted by molar-refractivity contribution is 7.88. The van der Waals surface area contributed by atoms with Crippen LogP contribution in [-0.4, -0.2) is 19.9 Å². The first-order valence-electron chi connectivity index (χ1n) is 4.08. The van der Waals surface area contributed by atoms with E-state index < -0.39 is 10.0 Å². The Hall–Kier alpha value is -0.500. The maximum absolute atomic E-state index is 10.8. The molecule has 0 atom stereocenters. The van der Waals surface area contributed by atoms with Gasteiger partial charge in [0.25, 0.3) is 0 Å². The normalized spacial score (nSPS) is 11.9. The van der Waals surface area contributed by atoms with Crippen molar-refractivity contribution in [1.82, 2.24) is 4.98 Å². The van der Waals surface area contributed by atoms with Crippen LogP contribution < -0.4 is 10.9 Å². The number of nitrogens with zero attached hydrogens (tertiary/aromatic N) is 1. The number of primary sulfonamides is 1. The maximum Gasteiger partial charge on any atom is 0.215 e. The molecular formula is C7H13N3O2S2. The fourth-order valence-electron chi connectivity index (χ4n) is 1.09. The van der Waals surface area contributed by atoms with Crippen molar-refractivity contribution in [2.75, 3.05) is 6.54 Å². The Balaban J connectivity index is 2.86. The van der Waals surface area contributed by atoms with E-state index >= 15 is 0 Å². The van der Waals surface area contributed by atoms with E-state index in [1.54, 1.807) is 0 Å². The Kier molecular flexibility index (Phi) is 3.59. The lowest BCUT2D eigenvalue weighted by Crippen LogP contribution is -2.14. The minimum absolute atomic E-state index is 0.191. The van der Waals surface area contributed by atoms with Crippen LogP contribution in [0.25, 0.3) is 0 Å². The average molecular weight is 235 g/mol. The molecule has 0 amide bonds. The van der Waals surface area contributed by atoms with Gasteiger partial charge in [-0.3, -0.25) is 0 Å². The Morgan fingerprint density at radius 2 is 2.14 bits per heavy atom. The zero-order valence-corrected chi connectivity index (χ0v) is 9.49. The van der Waals surface area contributed by atoms with Gasteiger partial charge in [0.05, 0.1) is 5.69 Å².